The minimum atomic E-state index is 0.476. The van der Waals surface area contributed by atoms with Gasteiger partial charge in [-0.05, 0) is 32.0 Å². The zero-order valence-electron chi connectivity index (χ0n) is 9.09. The monoisotopic (exact) mass is 192 g/mol. The Morgan fingerprint density at radius 3 is 2.57 bits per heavy atom. The van der Waals surface area contributed by atoms with E-state index in [1.165, 1.54) is 12.1 Å². The molecule has 0 heterocycles. The predicted molar refractivity (Wildman–Crippen MR) is 62.7 cm³/mol. The van der Waals surface area contributed by atoms with Crippen molar-refractivity contribution in [3.05, 3.63) is 30.3 Å². The van der Waals surface area contributed by atoms with Gasteiger partial charge >= 0.3 is 0 Å². The summed E-state index contributed by atoms with van der Waals surface area (Å²) in [5.74, 6) is 0. The molecule has 0 amide bonds. The van der Waals surface area contributed by atoms with Crippen molar-refractivity contribution >= 4 is 5.69 Å². The van der Waals surface area contributed by atoms with Gasteiger partial charge in [0, 0.05) is 18.3 Å². The first-order valence-electron chi connectivity index (χ1n) is 5.35. The summed E-state index contributed by atoms with van der Waals surface area (Å²) in [5, 5.41) is 6.83. The Morgan fingerprint density at radius 2 is 1.93 bits per heavy atom. The second-order valence-electron chi connectivity index (χ2n) is 3.62. The van der Waals surface area contributed by atoms with Crippen molar-refractivity contribution < 1.29 is 0 Å². The molecule has 0 aromatic heterocycles. The summed E-state index contributed by atoms with van der Waals surface area (Å²) in [7, 11) is 0. The summed E-state index contributed by atoms with van der Waals surface area (Å²) in [6, 6.07) is 10.8. The zero-order chi connectivity index (χ0) is 10.2. The molecule has 0 aliphatic carbocycles. The van der Waals surface area contributed by atoms with E-state index >= 15 is 0 Å². The lowest BCUT2D eigenvalue weighted by atomic mass is 10.2. The molecule has 0 aliphatic rings. The van der Waals surface area contributed by atoms with Crippen molar-refractivity contribution in [1.82, 2.24) is 5.32 Å². The van der Waals surface area contributed by atoms with Gasteiger partial charge in [-0.3, -0.25) is 0 Å². The van der Waals surface area contributed by atoms with Gasteiger partial charge in [0.15, 0.2) is 0 Å². The van der Waals surface area contributed by atoms with Gasteiger partial charge in [-0.2, -0.15) is 0 Å². The number of rotatable bonds is 6. The van der Waals surface area contributed by atoms with Crippen LogP contribution in [0.5, 0.6) is 0 Å². The summed E-state index contributed by atoms with van der Waals surface area (Å²) < 4.78 is 0. The van der Waals surface area contributed by atoms with Crippen LogP contribution in [0.1, 0.15) is 20.3 Å². The van der Waals surface area contributed by atoms with E-state index in [9.17, 15) is 0 Å². The van der Waals surface area contributed by atoms with E-state index in [-0.39, 0.29) is 0 Å². The predicted octanol–water partition coefficient (Wildman–Crippen LogP) is 2.49. The smallest absolute Gasteiger partial charge is 0.0357 e. The normalized spacial score (nSPS) is 12.4. The molecule has 0 saturated carbocycles. The molecule has 1 aromatic rings. The van der Waals surface area contributed by atoms with Crippen molar-refractivity contribution in [2.75, 3.05) is 18.4 Å². The molecule has 2 N–H and O–H groups in total. The molecule has 1 atom stereocenters. The fourth-order valence-corrected chi connectivity index (χ4v) is 1.37. The fourth-order valence-electron chi connectivity index (χ4n) is 1.37. The molecule has 0 spiro atoms. The van der Waals surface area contributed by atoms with E-state index in [0.29, 0.717) is 6.04 Å². The van der Waals surface area contributed by atoms with E-state index < -0.39 is 0 Å². The van der Waals surface area contributed by atoms with E-state index in [1.54, 1.807) is 0 Å². The standard InChI is InChI=1S/C12H20N2/c1-3-9-13-10-11(2)14-12-7-5-4-6-8-12/h4-8,11,13-14H,3,9-10H2,1-2H3/t11-/m0/s1. The lowest BCUT2D eigenvalue weighted by Crippen LogP contribution is -2.30. The van der Waals surface area contributed by atoms with Crippen molar-refractivity contribution in [1.29, 1.82) is 0 Å². The Kier molecular flexibility index (Phi) is 5.08. The first-order chi connectivity index (χ1) is 6.83. The van der Waals surface area contributed by atoms with Gasteiger partial charge in [0.25, 0.3) is 0 Å². The fraction of sp³-hybridized carbons (Fsp3) is 0.500. The maximum absolute atomic E-state index is 3.44. The van der Waals surface area contributed by atoms with Gasteiger partial charge in [-0.25, -0.2) is 0 Å². The largest absolute Gasteiger partial charge is 0.381 e. The van der Waals surface area contributed by atoms with Crippen molar-refractivity contribution in [2.24, 2.45) is 0 Å². The highest BCUT2D eigenvalue weighted by molar-refractivity contribution is 5.43. The molecule has 0 unspecified atom stereocenters. The molecule has 0 radical (unpaired) electrons. The molecule has 2 nitrogen and oxygen atoms in total. The van der Waals surface area contributed by atoms with Gasteiger partial charge in [0.05, 0.1) is 0 Å². The third kappa shape index (κ3) is 4.28. The van der Waals surface area contributed by atoms with E-state index in [4.69, 9.17) is 0 Å². The lowest BCUT2D eigenvalue weighted by Gasteiger charge is -2.15. The highest BCUT2D eigenvalue weighted by Gasteiger charge is 1.99. The Morgan fingerprint density at radius 1 is 1.21 bits per heavy atom. The van der Waals surface area contributed by atoms with Gasteiger partial charge in [0.2, 0.25) is 0 Å². The van der Waals surface area contributed by atoms with Crippen LogP contribution >= 0.6 is 0 Å². The average Bonchev–Trinajstić information content (AvgIpc) is 2.20. The molecule has 2 heteroatoms. The third-order valence-corrected chi connectivity index (χ3v) is 2.06. The number of anilines is 1. The summed E-state index contributed by atoms with van der Waals surface area (Å²) >= 11 is 0. The summed E-state index contributed by atoms with van der Waals surface area (Å²) in [6.45, 7) is 6.49. The van der Waals surface area contributed by atoms with Gasteiger partial charge in [-0.1, -0.05) is 25.1 Å². The van der Waals surface area contributed by atoms with E-state index in [2.05, 4.69) is 48.7 Å². The molecule has 0 saturated heterocycles. The first-order valence-corrected chi connectivity index (χ1v) is 5.35. The Bertz CT molecular complexity index is 233. The Balaban J connectivity index is 2.23. The zero-order valence-corrected chi connectivity index (χ0v) is 9.09. The number of hydrogen-bond acceptors (Lipinski definition) is 2. The van der Waals surface area contributed by atoms with Gasteiger partial charge in [-0.15, -0.1) is 0 Å². The topological polar surface area (TPSA) is 24.1 Å². The minimum absolute atomic E-state index is 0.476. The molecular formula is C12H20N2. The molecule has 1 aromatic carbocycles. The van der Waals surface area contributed by atoms with Crippen molar-refractivity contribution in [3.63, 3.8) is 0 Å². The molecule has 0 bridgehead atoms. The van der Waals surface area contributed by atoms with Crippen LogP contribution in [0.15, 0.2) is 30.3 Å². The minimum Gasteiger partial charge on any atom is -0.381 e. The number of para-hydroxylation sites is 1. The molecular weight excluding hydrogens is 172 g/mol. The van der Waals surface area contributed by atoms with E-state index in [0.717, 1.165) is 13.1 Å². The van der Waals surface area contributed by atoms with Crippen LogP contribution in [0.3, 0.4) is 0 Å². The van der Waals surface area contributed by atoms with Gasteiger partial charge in [0.1, 0.15) is 0 Å². The third-order valence-electron chi connectivity index (χ3n) is 2.06. The van der Waals surface area contributed by atoms with Crippen LogP contribution in [0.2, 0.25) is 0 Å². The first kappa shape index (κ1) is 11.1. The second kappa shape index (κ2) is 6.44. The van der Waals surface area contributed by atoms with Crippen LogP contribution in [-0.2, 0) is 0 Å². The average molecular weight is 192 g/mol. The van der Waals surface area contributed by atoms with Crippen molar-refractivity contribution in [2.45, 2.75) is 26.3 Å². The van der Waals surface area contributed by atoms with Crippen LogP contribution < -0.4 is 10.6 Å². The van der Waals surface area contributed by atoms with E-state index in [1.807, 2.05) is 6.07 Å². The van der Waals surface area contributed by atoms with Crippen LogP contribution in [-0.4, -0.2) is 19.1 Å². The molecule has 14 heavy (non-hydrogen) atoms. The second-order valence-corrected chi connectivity index (χ2v) is 3.62. The lowest BCUT2D eigenvalue weighted by molar-refractivity contribution is 0.624. The van der Waals surface area contributed by atoms with Gasteiger partial charge < -0.3 is 10.6 Å². The number of hydrogen-bond donors (Lipinski definition) is 2. The molecule has 78 valence electrons. The molecule has 0 aliphatic heterocycles. The van der Waals surface area contributed by atoms with Crippen LogP contribution in [0.4, 0.5) is 5.69 Å². The van der Waals surface area contributed by atoms with Crippen LogP contribution in [0.25, 0.3) is 0 Å². The molecule has 0 fully saturated rings. The Labute approximate surface area is 86.7 Å². The van der Waals surface area contributed by atoms with Crippen molar-refractivity contribution in [3.8, 4) is 0 Å². The molecule has 1 rings (SSSR count). The number of benzene rings is 1. The maximum atomic E-state index is 3.44. The maximum Gasteiger partial charge on any atom is 0.0357 e. The quantitative estimate of drug-likeness (QED) is 0.677. The summed E-state index contributed by atoms with van der Waals surface area (Å²) in [5.41, 5.74) is 1.19. The summed E-state index contributed by atoms with van der Waals surface area (Å²) in [6.07, 6.45) is 1.19. The highest BCUT2D eigenvalue weighted by Crippen LogP contribution is 2.06. The highest BCUT2D eigenvalue weighted by atomic mass is 15.0. The van der Waals surface area contributed by atoms with Crippen LogP contribution in [0, 0.1) is 0 Å². The SMILES string of the molecule is CCCNC[C@H](C)Nc1ccccc1. The summed E-state index contributed by atoms with van der Waals surface area (Å²) in [4.78, 5) is 0. The number of nitrogens with one attached hydrogen (secondary N) is 2. The Hall–Kier alpha value is -1.02.